The average molecular weight is 376 g/mol. The SMILES string of the molecule is O=C(Nc1ccccc1)N1CCC(CCc2ccc(C(F)(F)F)cc2)CC1. The molecule has 0 unspecified atom stereocenters. The molecule has 6 heteroatoms. The van der Waals surface area contributed by atoms with Crippen LogP contribution in [0.25, 0.3) is 0 Å². The summed E-state index contributed by atoms with van der Waals surface area (Å²) in [5.41, 5.74) is 1.10. The number of rotatable bonds is 4. The van der Waals surface area contributed by atoms with E-state index in [4.69, 9.17) is 0 Å². The average Bonchev–Trinajstić information content (AvgIpc) is 2.67. The molecule has 3 nitrogen and oxygen atoms in total. The van der Waals surface area contributed by atoms with E-state index in [0.29, 0.717) is 19.0 Å². The predicted molar refractivity (Wildman–Crippen MR) is 99.5 cm³/mol. The molecule has 1 N–H and O–H groups in total. The summed E-state index contributed by atoms with van der Waals surface area (Å²) in [7, 11) is 0. The summed E-state index contributed by atoms with van der Waals surface area (Å²) >= 11 is 0. The lowest BCUT2D eigenvalue weighted by Gasteiger charge is -2.32. The Kier molecular flexibility index (Phi) is 6.04. The number of alkyl halides is 3. The number of aryl methyl sites for hydroxylation is 1. The number of likely N-dealkylation sites (tertiary alicyclic amines) is 1. The lowest BCUT2D eigenvalue weighted by molar-refractivity contribution is -0.137. The van der Waals surface area contributed by atoms with Crippen LogP contribution in [-0.4, -0.2) is 24.0 Å². The van der Waals surface area contributed by atoms with Crippen LogP contribution in [0.1, 0.15) is 30.4 Å². The zero-order chi connectivity index (χ0) is 19.3. The van der Waals surface area contributed by atoms with Crippen LogP contribution in [0.5, 0.6) is 0 Å². The first-order valence-corrected chi connectivity index (χ1v) is 9.19. The molecule has 1 saturated heterocycles. The molecule has 2 aromatic carbocycles. The van der Waals surface area contributed by atoms with Crippen molar-refractivity contribution >= 4 is 11.7 Å². The monoisotopic (exact) mass is 376 g/mol. The molecule has 0 aliphatic carbocycles. The number of para-hydroxylation sites is 1. The molecule has 1 heterocycles. The van der Waals surface area contributed by atoms with Crippen LogP contribution >= 0.6 is 0 Å². The standard InChI is InChI=1S/C21H23F3N2O/c22-21(23,24)18-10-8-16(9-11-18)6-7-17-12-14-26(15-13-17)20(27)25-19-4-2-1-3-5-19/h1-5,8-11,17H,6-7,12-15H2,(H,25,27). The first-order chi connectivity index (χ1) is 12.9. The molecule has 0 saturated carbocycles. The molecule has 2 aromatic rings. The van der Waals surface area contributed by atoms with Gasteiger partial charge in [0.1, 0.15) is 0 Å². The normalized spacial score (nSPS) is 15.6. The molecule has 3 rings (SSSR count). The minimum Gasteiger partial charge on any atom is -0.325 e. The van der Waals surface area contributed by atoms with Gasteiger partial charge in [-0.05, 0) is 61.4 Å². The van der Waals surface area contributed by atoms with Crippen LogP contribution in [-0.2, 0) is 12.6 Å². The smallest absolute Gasteiger partial charge is 0.325 e. The van der Waals surface area contributed by atoms with Gasteiger partial charge in [0, 0.05) is 18.8 Å². The summed E-state index contributed by atoms with van der Waals surface area (Å²) < 4.78 is 37.8. The third-order valence-corrected chi connectivity index (χ3v) is 5.05. The topological polar surface area (TPSA) is 32.3 Å². The van der Waals surface area contributed by atoms with Crippen molar-refractivity contribution in [3.8, 4) is 0 Å². The lowest BCUT2D eigenvalue weighted by Crippen LogP contribution is -2.41. The summed E-state index contributed by atoms with van der Waals surface area (Å²) in [4.78, 5) is 14.1. The van der Waals surface area contributed by atoms with Gasteiger partial charge in [-0.15, -0.1) is 0 Å². The maximum atomic E-state index is 12.6. The Labute approximate surface area is 157 Å². The predicted octanol–water partition coefficient (Wildman–Crippen LogP) is 5.58. The second kappa shape index (κ2) is 8.46. The van der Waals surface area contributed by atoms with Gasteiger partial charge >= 0.3 is 12.2 Å². The Hall–Kier alpha value is -2.50. The van der Waals surface area contributed by atoms with Gasteiger partial charge in [-0.1, -0.05) is 30.3 Å². The fraction of sp³-hybridized carbons (Fsp3) is 0.381. The first-order valence-electron chi connectivity index (χ1n) is 9.19. The third-order valence-electron chi connectivity index (χ3n) is 5.05. The Morgan fingerprint density at radius 2 is 1.63 bits per heavy atom. The molecular formula is C21H23F3N2O. The number of urea groups is 1. The maximum absolute atomic E-state index is 12.6. The molecule has 0 spiro atoms. The lowest BCUT2D eigenvalue weighted by atomic mass is 9.90. The number of carbonyl (C=O) groups is 1. The number of nitrogens with one attached hydrogen (secondary N) is 1. The molecule has 0 radical (unpaired) electrons. The van der Waals surface area contributed by atoms with Crippen LogP contribution in [0.2, 0.25) is 0 Å². The second-order valence-electron chi connectivity index (χ2n) is 6.96. The van der Waals surface area contributed by atoms with Gasteiger partial charge in [0.05, 0.1) is 5.56 Å². The van der Waals surface area contributed by atoms with Crippen LogP contribution in [0, 0.1) is 5.92 Å². The molecule has 27 heavy (non-hydrogen) atoms. The van der Waals surface area contributed by atoms with E-state index in [0.717, 1.165) is 49.1 Å². The van der Waals surface area contributed by atoms with E-state index in [2.05, 4.69) is 5.32 Å². The van der Waals surface area contributed by atoms with Gasteiger partial charge in [-0.2, -0.15) is 13.2 Å². The first kappa shape index (κ1) is 19.3. The molecule has 0 atom stereocenters. The number of halogens is 3. The Morgan fingerprint density at radius 1 is 1.00 bits per heavy atom. The van der Waals surface area contributed by atoms with E-state index in [1.165, 1.54) is 0 Å². The number of nitrogens with zero attached hydrogens (tertiary/aromatic N) is 1. The van der Waals surface area contributed by atoms with Crippen molar-refractivity contribution in [3.05, 3.63) is 65.7 Å². The van der Waals surface area contributed by atoms with Gasteiger partial charge in [-0.25, -0.2) is 4.79 Å². The third kappa shape index (κ3) is 5.49. The molecular weight excluding hydrogens is 353 g/mol. The van der Waals surface area contributed by atoms with Crippen LogP contribution in [0.3, 0.4) is 0 Å². The number of hydrogen-bond acceptors (Lipinski definition) is 1. The van der Waals surface area contributed by atoms with Crippen molar-refractivity contribution in [1.82, 2.24) is 4.90 Å². The Balaban J connectivity index is 1.42. The molecule has 144 valence electrons. The van der Waals surface area contributed by atoms with Gasteiger partial charge in [0.2, 0.25) is 0 Å². The van der Waals surface area contributed by atoms with Crippen molar-refractivity contribution in [2.75, 3.05) is 18.4 Å². The molecule has 0 bridgehead atoms. The highest BCUT2D eigenvalue weighted by Gasteiger charge is 2.30. The maximum Gasteiger partial charge on any atom is 0.416 e. The number of carbonyl (C=O) groups excluding carboxylic acids is 1. The van der Waals surface area contributed by atoms with Crippen LogP contribution < -0.4 is 5.32 Å². The largest absolute Gasteiger partial charge is 0.416 e. The number of amides is 2. The second-order valence-corrected chi connectivity index (χ2v) is 6.96. The zero-order valence-electron chi connectivity index (χ0n) is 15.0. The summed E-state index contributed by atoms with van der Waals surface area (Å²) in [6.07, 6.45) is -0.754. The van der Waals surface area contributed by atoms with E-state index >= 15 is 0 Å². The van der Waals surface area contributed by atoms with E-state index in [1.807, 2.05) is 35.2 Å². The molecule has 1 aliphatic heterocycles. The summed E-state index contributed by atoms with van der Waals surface area (Å²) in [5, 5.41) is 2.90. The van der Waals surface area contributed by atoms with Gasteiger partial charge < -0.3 is 10.2 Å². The minimum absolute atomic E-state index is 0.0811. The van der Waals surface area contributed by atoms with Gasteiger partial charge in [-0.3, -0.25) is 0 Å². The molecule has 2 amide bonds. The number of piperidine rings is 1. The van der Waals surface area contributed by atoms with E-state index in [9.17, 15) is 18.0 Å². The van der Waals surface area contributed by atoms with Crippen molar-refractivity contribution < 1.29 is 18.0 Å². The van der Waals surface area contributed by atoms with E-state index < -0.39 is 11.7 Å². The highest BCUT2D eigenvalue weighted by atomic mass is 19.4. The Bertz CT molecular complexity index is 736. The molecule has 0 aromatic heterocycles. The van der Waals surface area contributed by atoms with E-state index in [-0.39, 0.29) is 6.03 Å². The summed E-state index contributed by atoms with van der Waals surface area (Å²) in [6, 6.07) is 14.7. The Morgan fingerprint density at radius 3 is 2.22 bits per heavy atom. The van der Waals surface area contributed by atoms with Gasteiger partial charge in [0.25, 0.3) is 0 Å². The summed E-state index contributed by atoms with van der Waals surface area (Å²) in [6.45, 7) is 1.41. The summed E-state index contributed by atoms with van der Waals surface area (Å²) in [5.74, 6) is 0.494. The van der Waals surface area contributed by atoms with Crippen molar-refractivity contribution in [2.24, 2.45) is 5.92 Å². The zero-order valence-corrected chi connectivity index (χ0v) is 15.0. The quantitative estimate of drug-likeness (QED) is 0.742. The van der Waals surface area contributed by atoms with Crippen LogP contribution in [0.15, 0.2) is 54.6 Å². The number of benzene rings is 2. The van der Waals surface area contributed by atoms with Crippen LogP contribution in [0.4, 0.5) is 23.7 Å². The van der Waals surface area contributed by atoms with Crippen molar-refractivity contribution in [3.63, 3.8) is 0 Å². The number of hydrogen-bond donors (Lipinski definition) is 1. The van der Waals surface area contributed by atoms with Crippen molar-refractivity contribution in [1.29, 1.82) is 0 Å². The molecule has 1 fully saturated rings. The highest BCUT2D eigenvalue weighted by Crippen LogP contribution is 2.30. The highest BCUT2D eigenvalue weighted by molar-refractivity contribution is 5.89. The minimum atomic E-state index is -4.29. The fourth-order valence-electron chi connectivity index (χ4n) is 3.38. The van der Waals surface area contributed by atoms with Gasteiger partial charge in [0.15, 0.2) is 0 Å². The molecule has 1 aliphatic rings. The fourth-order valence-corrected chi connectivity index (χ4v) is 3.38. The number of anilines is 1. The van der Waals surface area contributed by atoms with Crippen molar-refractivity contribution in [2.45, 2.75) is 31.9 Å². The van der Waals surface area contributed by atoms with E-state index in [1.54, 1.807) is 12.1 Å².